The summed E-state index contributed by atoms with van der Waals surface area (Å²) in [4.78, 5) is 13.0. The normalized spacial score (nSPS) is 15.0. The summed E-state index contributed by atoms with van der Waals surface area (Å²) in [6, 6.07) is 29.8. The molecule has 1 heterocycles. The van der Waals surface area contributed by atoms with Crippen LogP contribution in [0, 0.1) is 5.82 Å². The molecule has 2 amide bonds. The van der Waals surface area contributed by atoms with Gasteiger partial charge in [-0.2, -0.15) is 5.10 Å². The van der Waals surface area contributed by atoms with Crippen molar-refractivity contribution in [3.8, 4) is 11.5 Å². The van der Waals surface area contributed by atoms with E-state index in [1.165, 1.54) is 17.1 Å². The van der Waals surface area contributed by atoms with Crippen molar-refractivity contribution in [2.24, 2.45) is 5.10 Å². The molecule has 5 nitrogen and oxygen atoms in total. The number of halogens is 2. The molecule has 1 N–H and O–H groups in total. The van der Waals surface area contributed by atoms with Gasteiger partial charge in [-0.25, -0.2) is 14.2 Å². The summed E-state index contributed by atoms with van der Waals surface area (Å²) in [6.07, 6.45) is 0. The number of ether oxygens (including phenoxy) is 1. The zero-order valence-electron chi connectivity index (χ0n) is 18.6. The van der Waals surface area contributed by atoms with Crippen molar-refractivity contribution in [1.82, 2.24) is 5.01 Å². The lowest BCUT2D eigenvalue weighted by molar-refractivity contribution is 0.218. The number of anilines is 1. The maximum Gasteiger partial charge on any atom is 0.342 e. The first-order chi connectivity index (χ1) is 17.0. The monoisotopic (exact) mass is 485 g/mol. The van der Waals surface area contributed by atoms with Gasteiger partial charge in [0.05, 0.1) is 12.3 Å². The highest BCUT2D eigenvalue weighted by atomic mass is 35.5. The molecule has 0 aromatic heterocycles. The molecule has 1 aliphatic heterocycles. The second kappa shape index (κ2) is 9.99. The lowest BCUT2D eigenvalue weighted by atomic mass is 9.91. The summed E-state index contributed by atoms with van der Waals surface area (Å²) < 4.78 is 19.3. The quantitative estimate of drug-likeness (QED) is 0.322. The molecule has 0 saturated carbocycles. The summed E-state index contributed by atoms with van der Waals surface area (Å²) in [5.74, 6) is 0.856. The predicted molar refractivity (Wildman–Crippen MR) is 136 cm³/mol. The third kappa shape index (κ3) is 5.34. The predicted octanol–water partition coefficient (Wildman–Crippen LogP) is 7.31. The third-order valence-corrected chi connectivity index (χ3v) is 5.90. The standard InChI is InChI=1S/C28H21ClFN3O2/c29-21-8-14-24(15-9-21)35-25-16-12-23(13-17-25)31-28(34)33-18-26(19-4-2-1-3-5-19)27(32-33)20-6-10-22(30)11-7-20/h1-17,26H,18H2,(H,31,34). The molecule has 7 heteroatoms. The lowest BCUT2D eigenvalue weighted by Gasteiger charge is -2.16. The van der Waals surface area contributed by atoms with E-state index in [0.717, 1.165) is 16.8 Å². The van der Waals surface area contributed by atoms with Gasteiger partial charge in [0.15, 0.2) is 0 Å². The Morgan fingerprint density at radius 3 is 2.17 bits per heavy atom. The van der Waals surface area contributed by atoms with Crippen molar-refractivity contribution in [2.75, 3.05) is 11.9 Å². The third-order valence-electron chi connectivity index (χ3n) is 5.65. The van der Waals surface area contributed by atoms with E-state index < -0.39 is 0 Å². The maximum atomic E-state index is 13.5. The Morgan fingerprint density at radius 1 is 0.886 bits per heavy atom. The van der Waals surface area contributed by atoms with E-state index in [1.807, 2.05) is 30.3 Å². The molecule has 5 rings (SSSR count). The van der Waals surface area contributed by atoms with Crippen LogP contribution in [-0.2, 0) is 0 Å². The number of hydrogen-bond acceptors (Lipinski definition) is 3. The number of benzene rings is 4. The average Bonchev–Trinajstić information content (AvgIpc) is 3.33. The summed E-state index contributed by atoms with van der Waals surface area (Å²) >= 11 is 5.91. The average molecular weight is 486 g/mol. The number of nitrogens with one attached hydrogen (secondary N) is 1. The van der Waals surface area contributed by atoms with Crippen molar-refractivity contribution in [3.63, 3.8) is 0 Å². The zero-order valence-corrected chi connectivity index (χ0v) is 19.3. The van der Waals surface area contributed by atoms with E-state index in [2.05, 4.69) is 10.4 Å². The smallest absolute Gasteiger partial charge is 0.342 e. The first-order valence-corrected chi connectivity index (χ1v) is 11.4. The van der Waals surface area contributed by atoms with Crippen LogP contribution in [0.3, 0.4) is 0 Å². The van der Waals surface area contributed by atoms with Gasteiger partial charge in [-0.3, -0.25) is 0 Å². The fraction of sp³-hybridized carbons (Fsp3) is 0.0714. The van der Waals surface area contributed by atoms with Crippen molar-refractivity contribution < 1.29 is 13.9 Å². The van der Waals surface area contributed by atoms with Crippen LogP contribution in [-0.4, -0.2) is 23.3 Å². The number of hydrazone groups is 1. The lowest BCUT2D eigenvalue weighted by Crippen LogP contribution is -2.30. The molecule has 1 unspecified atom stereocenters. The van der Waals surface area contributed by atoms with Gasteiger partial charge in [-0.05, 0) is 71.8 Å². The Hall–Kier alpha value is -4.16. The van der Waals surface area contributed by atoms with Crippen molar-refractivity contribution >= 4 is 29.0 Å². The number of carbonyl (C=O) groups is 1. The van der Waals surface area contributed by atoms with E-state index in [0.29, 0.717) is 28.8 Å². The fourth-order valence-electron chi connectivity index (χ4n) is 3.89. The van der Waals surface area contributed by atoms with E-state index in [4.69, 9.17) is 16.3 Å². The van der Waals surface area contributed by atoms with Gasteiger partial charge in [0, 0.05) is 16.6 Å². The molecule has 174 valence electrons. The molecule has 0 spiro atoms. The van der Waals surface area contributed by atoms with Crippen LogP contribution in [0.15, 0.2) is 108 Å². The molecular formula is C28H21ClFN3O2. The zero-order chi connectivity index (χ0) is 24.2. The first kappa shape index (κ1) is 22.6. The Labute approximate surface area is 207 Å². The Bertz CT molecular complexity index is 1340. The van der Waals surface area contributed by atoms with Gasteiger partial charge in [0.25, 0.3) is 0 Å². The number of urea groups is 1. The van der Waals surface area contributed by atoms with Crippen LogP contribution < -0.4 is 10.1 Å². The molecule has 0 bridgehead atoms. The molecule has 0 saturated heterocycles. The molecule has 0 aliphatic carbocycles. The van der Waals surface area contributed by atoms with E-state index >= 15 is 0 Å². The van der Waals surface area contributed by atoms with Crippen LogP contribution in [0.25, 0.3) is 0 Å². The summed E-state index contributed by atoms with van der Waals surface area (Å²) in [5, 5.41) is 9.53. The topological polar surface area (TPSA) is 53.9 Å². The Balaban J connectivity index is 1.31. The van der Waals surface area contributed by atoms with E-state index in [1.54, 1.807) is 60.7 Å². The number of carbonyl (C=O) groups excluding carboxylic acids is 1. The molecule has 4 aromatic carbocycles. The summed E-state index contributed by atoms with van der Waals surface area (Å²) in [6.45, 7) is 0.375. The van der Waals surface area contributed by atoms with E-state index in [-0.39, 0.29) is 17.8 Å². The molecule has 0 fully saturated rings. The van der Waals surface area contributed by atoms with Crippen molar-refractivity contribution in [2.45, 2.75) is 5.92 Å². The number of rotatable bonds is 5. The highest BCUT2D eigenvalue weighted by molar-refractivity contribution is 6.30. The molecule has 1 atom stereocenters. The van der Waals surface area contributed by atoms with Gasteiger partial charge in [-0.1, -0.05) is 54.1 Å². The van der Waals surface area contributed by atoms with Crippen molar-refractivity contribution in [1.29, 1.82) is 0 Å². The van der Waals surface area contributed by atoms with Crippen LogP contribution in [0.5, 0.6) is 11.5 Å². The SMILES string of the molecule is O=C(Nc1ccc(Oc2ccc(Cl)cc2)cc1)N1CC(c2ccccc2)C(c2ccc(F)cc2)=N1. The number of hydrogen-bond donors (Lipinski definition) is 1. The van der Waals surface area contributed by atoms with Gasteiger partial charge >= 0.3 is 6.03 Å². The van der Waals surface area contributed by atoms with Gasteiger partial charge in [0.2, 0.25) is 0 Å². The fourth-order valence-corrected chi connectivity index (χ4v) is 4.02. The minimum atomic E-state index is -0.352. The maximum absolute atomic E-state index is 13.5. The highest BCUT2D eigenvalue weighted by Crippen LogP contribution is 2.30. The van der Waals surface area contributed by atoms with Gasteiger partial charge in [-0.15, -0.1) is 0 Å². The molecule has 4 aromatic rings. The number of amides is 2. The van der Waals surface area contributed by atoms with Crippen LogP contribution in [0.1, 0.15) is 17.0 Å². The molecule has 1 aliphatic rings. The molecular weight excluding hydrogens is 465 g/mol. The minimum absolute atomic E-state index is 0.123. The van der Waals surface area contributed by atoms with Crippen LogP contribution in [0.4, 0.5) is 14.9 Å². The van der Waals surface area contributed by atoms with Gasteiger partial charge in [0.1, 0.15) is 17.3 Å². The summed E-state index contributed by atoms with van der Waals surface area (Å²) in [5.41, 5.74) is 3.15. The second-order valence-electron chi connectivity index (χ2n) is 8.05. The number of nitrogens with zero attached hydrogens (tertiary/aromatic N) is 2. The first-order valence-electron chi connectivity index (χ1n) is 11.1. The Kier molecular flexibility index (Phi) is 6.46. The van der Waals surface area contributed by atoms with Gasteiger partial charge < -0.3 is 10.1 Å². The van der Waals surface area contributed by atoms with Crippen molar-refractivity contribution in [3.05, 3.63) is 125 Å². The molecule has 35 heavy (non-hydrogen) atoms. The van der Waals surface area contributed by atoms with E-state index in [9.17, 15) is 9.18 Å². The Morgan fingerprint density at radius 2 is 1.51 bits per heavy atom. The largest absolute Gasteiger partial charge is 0.457 e. The second-order valence-corrected chi connectivity index (χ2v) is 8.48. The summed E-state index contributed by atoms with van der Waals surface area (Å²) in [7, 11) is 0. The van der Waals surface area contributed by atoms with Crippen LogP contribution >= 0.6 is 11.6 Å². The minimum Gasteiger partial charge on any atom is -0.457 e. The molecule has 0 radical (unpaired) electrons. The van der Waals surface area contributed by atoms with Crippen LogP contribution in [0.2, 0.25) is 5.02 Å². The highest BCUT2D eigenvalue weighted by Gasteiger charge is 2.32.